The highest BCUT2D eigenvalue weighted by molar-refractivity contribution is 7.99. The van der Waals surface area contributed by atoms with Crippen molar-refractivity contribution >= 4 is 44.3 Å². The maximum Gasteiger partial charge on any atom is 0.0541 e. The van der Waals surface area contributed by atoms with Crippen LogP contribution in [0.3, 0.4) is 0 Å². The fourth-order valence-corrected chi connectivity index (χ4v) is 6.95. The molecule has 8 rings (SSSR count). The van der Waals surface area contributed by atoms with E-state index < -0.39 is 0 Å². The highest BCUT2D eigenvalue weighted by Gasteiger charge is 2.20. The van der Waals surface area contributed by atoms with Gasteiger partial charge in [0.15, 0.2) is 0 Å². The molecule has 0 N–H and O–H groups in total. The van der Waals surface area contributed by atoms with E-state index in [1.165, 1.54) is 70.3 Å². The maximum absolute atomic E-state index is 2.37. The number of para-hydroxylation sites is 2. The Hall–Kier alpha value is -4.27. The quantitative estimate of drug-likeness (QED) is 0.241. The van der Waals surface area contributed by atoms with Crippen LogP contribution in [0.5, 0.6) is 0 Å². The minimum atomic E-state index is 1.18. The maximum atomic E-state index is 2.37. The van der Waals surface area contributed by atoms with Crippen LogP contribution in [0.15, 0.2) is 137 Å². The van der Waals surface area contributed by atoms with Gasteiger partial charge in [-0.3, -0.25) is 0 Å². The number of nitrogens with zero attached hydrogens (tertiary/aromatic N) is 1. The molecule has 6 aromatic carbocycles. The van der Waals surface area contributed by atoms with Crippen molar-refractivity contribution in [3.8, 4) is 27.9 Å². The number of hydrogen-bond donors (Lipinski definition) is 0. The largest absolute Gasteiger partial charge is 0.309 e. The molecule has 168 valence electrons. The second kappa shape index (κ2) is 7.61. The summed E-state index contributed by atoms with van der Waals surface area (Å²) >= 11 is 1.88. The van der Waals surface area contributed by atoms with Gasteiger partial charge in [0.2, 0.25) is 0 Å². The Labute approximate surface area is 213 Å². The standard InChI is InChI=1S/C34H21NS/c1-4-13-30-25(8-1)26-9-2-5-14-31(26)35(30)23-18-16-22(17-19-23)24-20-21-33-34-28(24)11-7-12-29(34)27-10-3-6-15-32(27)36-33/h1-21H. The first kappa shape index (κ1) is 20.0. The molecule has 2 heteroatoms. The van der Waals surface area contributed by atoms with E-state index in [1.54, 1.807) is 0 Å². The van der Waals surface area contributed by atoms with E-state index in [0.717, 1.165) is 0 Å². The van der Waals surface area contributed by atoms with Crippen LogP contribution in [0.1, 0.15) is 0 Å². The Balaban J connectivity index is 1.30. The zero-order chi connectivity index (χ0) is 23.6. The van der Waals surface area contributed by atoms with Crippen LogP contribution in [-0.4, -0.2) is 4.57 Å². The minimum absolute atomic E-state index is 1.18. The van der Waals surface area contributed by atoms with Crippen molar-refractivity contribution in [2.45, 2.75) is 9.79 Å². The van der Waals surface area contributed by atoms with Gasteiger partial charge in [0.1, 0.15) is 0 Å². The number of benzene rings is 6. The molecule has 0 saturated carbocycles. The van der Waals surface area contributed by atoms with Gasteiger partial charge in [-0.15, -0.1) is 0 Å². The summed E-state index contributed by atoms with van der Waals surface area (Å²) in [5.74, 6) is 0. The van der Waals surface area contributed by atoms with Crippen molar-refractivity contribution in [2.24, 2.45) is 0 Å². The highest BCUT2D eigenvalue weighted by atomic mass is 32.2. The summed E-state index contributed by atoms with van der Waals surface area (Å²) in [4.78, 5) is 2.67. The predicted molar refractivity (Wildman–Crippen MR) is 153 cm³/mol. The first-order chi connectivity index (χ1) is 17.9. The average Bonchev–Trinajstić information content (AvgIpc) is 3.28. The number of fused-ring (bicyclic) bond motifs is 5. The third-order valence-electron chi connectivity index (χ3n) is 7.42. The number of aromatic nitrogens is 1. The number of hydrogen-bond acceptors (Lipinski definition) is 1. The summed E-state index contributed by atoms with van der Waals surface area (Å²) in [7, 11) is 0. The van der Waals surface area contributed by atoms with Crippen LogP contribution in [-0.2, 0) is 0 Å². The Bertz CT molecular complexity index is 1910. The van der Waals surface area contributed by atoms with Gasteiger partial charge < -0.3 is 4.57 Å². The van der Waals surface area contributed by atoms with E-state index >= 15 is 0 Å². The lowest BCUT2D eigenvalue weighted by Gasteiger charge is -2.21. The summed E-state index contributed by atoms with van der Waals surface area (Å²) < 4.78 is 2.37. The highest BCUT2D eigenvalue weighted by Crippen LogP contribution is 2.49. The molecule has 0 amide bonds. The van der Waals surface area contributed by atoms with Crippen LogP contribution < -0.4 is 0 Å². The topological polar surface area (TPSA) is 4.93 Å². The van der Waals surface area contributed by atoms with Gasteiger partial charge >= 0.3 is 0 Å². The van der Waals surface area contributed by atoms with Crippen molar-refractivity contribution in [1.82, 2.24) is 4.57 Å². The first-order valence-corrected chi connectivity index (χ1v) is 13.1. The zero-order valence-corrected chi connectivity index (χ0v) is 20.3. The first-order valence-electron chi connectivity index (χ1n) is 12.3. The van der Waals surface area contributed by atoms with Gasteiger partial charge in [0.05, 0.1) is 11.0 Å². The Kier molecular flexibility index (Phi) is 4.22. The molecule has 0 unspecified atom stereocenters. The molecule has 0 bridgehead atoms. The smallest absolute Gasteiger partial charge is 0.0541 e. The fourth-order valence-electron chi connectivity index (χ4n) is 5.82. The van der Waals surface area contributed by atoms with E-state index in [1.807, 2.05) is 11.8 Å². The molecule has 2 heterocycles. The second-order valence-corrected chi connectivity index (χ2v) is 10.4. The molecule has 1 aliphatic rings. The normalized spacial score (nSPS) is 12.3. The van der Waals surface area contributed by atoms with E-state index in [9.17, 15) is 0 Å². The Morgan fingerprint density at radius 2 is 1.06 bits per heavy atom. The van der Waals surface area contributed by atoms with Crippen LogP contribution in [0, 0.1) is 0 Å². The molecule has 0 spiro atoms. The van der Waals surface area contributed by atoms with Crippen molar-refractivity contribution < 1.29 is 0 Å². The molecular weight excluding hydrogens is 454 g/mol. The van der Waals surface area contributed by atoms with Gasteiger partial charge in [-0.2, -0.15) is 0 Å². The van der Waals surface area contributed by atoms with Gasteiger partial charge in [-0.1, -0.05) is 103 Å². The van der Waals surface area contributed by atoms with Gasteiger partial charge in [-0.05, 0) is 64.0 Å². The summed E-state index contributed by atoms with van der Waals surface area (Å²) in [6.07, 6.45) is 0. The van der Waals surface area contributed by atoms with E-state index in [0.29, 0.717) is 0 Å². The molecular formula is C34H21NS. The summed E-state index contributed by atoms with van der Waals surface area (Å²) in [6, 6.07) is 46.5. The molecule has 1 aromatic heterocycles. The lowest BCUT2D eigenvalue weighted by atomic mass is 9.92. The van der Waals surface area contributed by atoms with Crippen LogP contribution in [0.2, 0.25) is 0 Å². The van der Waals surface area contributed by atoms with Crippen molar-refractivity contribution in [1.29, 1.82) is 0 Å². The third kappa shape index (κ3) is 2.79. The molecule has 0 radical (unpaired) electrons. The van der Waals surface area contributed by atoms with Gasteiger partial charge in [0.25, 0.3) is 0 Å². The van der Waals surface area contributed by atoms with Crippen LogP contribution in [0.4, 0.5) is 0 Å². The van der Waals surface area contributed by atoms with Crippen molar-refractivity contribution in [3.63, 3.8) is 0 Å². The lowest BCUT2D eigenvalue weighted by molar-refractivity contribution is 1.18. The molecule has 0 saturated heterocycles. The average molecular weight is 476 g/mol. The van der Waals surface area contributed by atoms with Crippen molar-refractivity contribution in [3.05, 3.63) is 127 Å². The molecule has 36 heavy (non-hydrogen) atoms. The third-order valence-corrected chi connectivity index (χ3v) is 8.55. The molecule has 1 nitrogen and oxygen atoms in total. The van der Waals surface area contributed by atoms with Gasteiger partial charge in [-0.25, -0.2) is 0 Å². The number of rotatable bonds is 2. The second-order valence-electron chi connectivity index (χ2n) is 9.35. The summed E-state index contributed by atoms with van der Waals surface area (Å²) in [5.41, 5.74) is 8.85. The van der Waals surface area contributed by atoms with E-state index in [4.69, 9.17) is 0 Å². The van der Waals surface area contributed by atoms with Crippen LogP contribution in [0.25, 0.3) is 60.5 Å². The molecule has 0 aliphatic carbocycles. The lowest BCUT2D eigenvalue weighted by Crippen LogP contribution is -1.95. The molecule has 0 fully saturated rings. The Morgan fingerprint density at radius 1 is 0.417 bits per heavy atom. The summed E-state index contributed by atoms with van der Waals surface area (Å²) in [6.45, 7) is 0. The zero-order valence-electron chi connectivity index (χ0n) is 19.5. The Morgan fingerprint density at radius 3 is 1.83 bits per heavy atom. The van der Waals surface area contributed by atoms with E-state index in [-0.39, 0.29) is 0 Å². The van der Waals surface area contributed by atoms with Crippen molar-refractivity contribution in [2.75, 3.05) is 0 Å². The SMILES string of the molecule is c1ccc2c(c1)Sc1ccc(-c3ccc(-n4c5ccccc5c5ccccc54)cc3)c3cccc-2c13. The summed E-state index contributed by atoms with van der Waals surface area (Å²) in [5, 5.41) is 5.26. The van der Waals surface area contributed by atoms with E-state index in [2.05, 4.69) is 132 Å². The molecule has 7 aromatic rings. The molecule has 0 atom stereocenters. The van der Waals surface area contributed by atoms with Crippen LogP contribution >= 0.6 is 11.8 Å². The monoisotopic (exact) mass is 475 g/mol. The minimum Gasteiger partial charge on any atom is -0.309 e. The fraction of sp³-hybridized carbons (Fsp3) is 0. The predicted octanol–water partition coefficient (Wildman–Crippen LogP) is 9.74. The van der Waals surface area contributed by atoms with Gasteiger partial charge in [0, 0.05) is 31.6 Å². The molecule has 1 aliphatic heterocycles.